The summed E-state index contributed by atoms with van der Waals surface area (Å²) in [4.78, 5) is 16.9. The van der Waals surface area contributed by atoms with Crippen molar-refractivity contribution in [1.29, 1.82) is 0 Å². The van der Waals surface area contributed by atoms with Gasteiger partial charge in [0.2, 0.25) is 0 Å². The Balaban J connectivity index is 1.25. The second-order valence-electron chi connectivity index (χ2n) is 7.64. The van der Waals surface area contributed by atoms with Crippen LogP contribution < -0.4 is 15.0 Å². The molecule has 4 rings (SSSR count). The van der Waals surface area contributed by atoms with Crippen LogP contribution in [0.15, 0.2) is 54.6 Å². The number of rotatable bonds is 4. The van der Waals surface area contributed by atoms with Crippen LogP contribution in [-0.4, -0.2) is 43.2 Å². The van der Waals surface area contributed by atoms with Crippen LogP contribution in [0.25, 0.3) is 0 Å². The predicted octanol–water partition coefficient (Wildman–Crippen LogP) is 4.75. The summed E-state index contributed by atoms with van der Waals surface area (Å²) in [5.41, 5.74) is 2.10. The minimum atomic E-state index is -0.0242. The number of anilines is 2. The Kier molecular flexibility index (Phi) is 6.00. The third kappa shape index (κ3) is 4.77. The molecule has 148 valence electrons. The summed E-state index contributed by atoms with van der Waals surface area (Å²) in [6.45, 7) is 3.70. The van der Waals surface area contributed by atoms with E-state index in [0.29, 0.717) is 0 Å². The molecule has 2 amide bonds. The van der Waals surface area contributed by atoms with Crippen molar-refractivity contribution in [3.05, 3.63) is 54.6 Å². The van der Waals surface area contributed by atoms with Gasteiger partial charge >= 0.3 is 6.03 Å². The molecule has 2 heterocycles. The number of nitrogens with one attached hydrogen (secondary N) is 1. The molecule has 0 spiro atoms. The van der Waals surface area contributed by atoms with Crippen LogP contribution in [0, 0.1) is 0 Å². The van der Waals surface area contributed by atoms with Gasteiger partial charge in [-0.15, -0.1) is 0 Å². The van der Waals surface area contributed by atoms with E-state index < -0.39 is 0 Å². The predicted molar refractivity (Wildman–Crippen MR) is 113 cm³/mol. The molecule has 0 saturated carbocycles. The normalized spacial score (nSPS) is 18.0. The van der Waals surface area contributed by atoms with E-state index in [9.17, 15) is 4.79 Å². The molecule has 0 radical (unpaired) electrons. The molecule has 5 nitrogen and oxygen atoms in total. The van der Waals surface area contributed by atoms with Crippen LogP contribution in [-0.2, 0) is 0 Å². The molecular weight excluding hydrogens is 350 g/mol. The van der Waals surface area contributed by atoms with Crippen molar-refractivity contribution in [2.45, 2.75) is 38.2 Å². The molecule has 28 heavy (non-hydrogen) atoms. The first kappa shape index (κ1) is 18.7. The van der Waals surface area contributed by atoms with E-state index in [1.807, 2.05) is 47.4 Å². The molecule has 2 aliphatic rings. The van der Waals surface area contributed by atoms with Gasteiger partial charge in [-0.3, -0.25) is 0 Å². The number of amides is 2. The van der Waals surface area contributed by atoms with Gasteiger partial charge in [0.05, 0.1) is 0 Å². The van der Waals surface area contributed by atoms with Crippen molar-refractivity contribution in [2.24, 2.45) is 0 Å². The Morgan fingerprint density at radius 1 is 0.857 bits per heavy atom. The topological polar surface area (TPSA) is 44.8 Å². The van der Waals surface area contributed by atoms with Crippen molar-refractivity contribution >= 4 is 17.4 Å². The zero-order valence-electron chi connectivity index (χ0n) is 16.3. The quantitative estimate of drug-likeness (QED) is 0.834. The molecule has 0 unspecified atom stereocenters. The average molecular weight is 380 g/mol. The first-order chi connectivity index (χ1) is 13.8. The third-order valence-electron chi connectivity index (χ3n) is 5.61. The fourth-order valence-corrected chi connectivity index (χ4v) is 3.98. The summed E-state index contributed by atoms with van der Waals surface area (Å²) in [7, 11) is 0. The first-order valence-electron chi connectivity index (χ1n) is 10.4. The molecule has 0 bridgehead atoms. The fraction of sp³-hybridized carbons (Fsp3) is 0.435. The van der Waals surface area contributed by atoms with Crippen molar-refractivity contribution in [1.82, 2.24) is 4.90 Å². The van der Waals surface area contributed by atoms with Crippen molar-refractivity contribution in [3.63, 3.8) is 0 Å². The average Bonchev–Trinajstić information content (AvgIpc) is 2.76. The summed E-state index contributed by atoms with van der Waals surface area (Å²) < 4.78 is 6.01. The lowest BCUT2D eigenvalue weighted by Gasteiger charge is -2.32. The van der Waals surface area contributed by atoms with Gasteiger partial charge in [-0.2, -0.15) is 0 Å². The largest absolute Gasteiger partial charge is 0.490 e. The van der Waals surface area contributed by atoms with Crippen molar-refractivity contribution < 1.29 is 9.53 Å². The van der Waals surface area contributed by atoms with Gasteiger partial charge in [0, 0.05) is 50.4 Å². The molecule has 0 aliphatic carbocycles. The van der Waals surface area contributed by atoms with Gasteiger partial charge in [-0.1, -0.05) is 18.2 Å². The number of hydrogen-bond acceptors (Lipinski definition) is 3. The molecule has 2 fully saturated rings. The molecule has 2 saturated heterocycles. The van der Waals surface area contributed by atoms with E-state index in [0.717, 1.165) is 50.5 Å². The second kappa shape index (κ2) is 9.00. The standard InChI is InChI=1S/C23H29N3O2/c27-23(24-19-9-11-20(12-10-19)25-15-5-2-6-16-25)26-17-13-22(14-18-26)28-21-7-3-1-4-8-21/h1,3-4,7-12,22H,2,5-6,13-18H2,(H,24,27). The lowest BCUT2D eigenvalue weighted by molar-refractivity contribution is 0.115. The molecule has 0 aromatic heterocycles. The summed E-state index contributed by atoms with van der Waals surface area (Å²) in [5, 5.41) is 3.03. The maximum Gasteiger partial charge on any atom is 0.321 e. The Labute approximate surface area is 167 Å². The fourth-order valence-electron chi connectivity index (χ4n) is 3.98. The highest BCUT2D eigenvalue weighted by Crippen LogP contribution is 2.23. The molecule has 1 N–H and O–H groups in total. The van der Waals surface area contributed by atoms with Gasteiger partial charge in [0.15, 0.2) is 0 Å². The van der Waals surface area contributed by atoms with E-state index >= 15 is 0 Å². The Bertz CT molecular complexity index is 749. The monoisotopic (exact) mass is 379 g/mol. The zero-order chi connectivity index (χ0) is 19.2. The van der Waals surface area contributed by atoms with Crippen LogP contribution in [0.4, 0.5) is 16.2 Å². The third-order valence-corrected chi connectivity index (χ3v) is 5.61. The number of likely N-dealkylation sites (tertiary alicyclic amines) is 1. The number of urea groups is 1. The molecule has 2 aromatic rings. The minimum Gasteiger partial charge on any atom is -0.490 e. The van der Waals surface area contributed by atoms with Crippen LogP contribution >= 0.6 is 0 Å². The molecule has 2 aliphatic heterocycles. The second-order valence-corrected chi connectivity index (χ2v) is 7.64. The van der Waals surface area contributed by atoms with Gasteiger partial charge in [-0.25, -0.2) is 4.79 Å². The van der Waals surface area contributed by atoms with Gasteiger partial charge in [0.25, 0.3) is 0 Å². The highest BCUT2D eigenvalue weighted by atomic mass is 16.5. The maximum absolute atomic E-state index is 12.6. The number of piperidine rings is 2. The zero-order valence-corrected chi connectivity index (χ0v) is 16.3. The SMILES string of the molecule is O=C(Nc1ccc(N2CCCCC2)cc1)N1CCC(Oc2ccccc2)CC1. The van der Waals surface area contributed by atoms with Gasteiger partial charge < -0.3 is 19.9 Å². The number of ether oxygens (including phenoxy) is 1. The van der Waals surface area contributed by atoms with E-state index in [1.54, 1.807) is 0 Å². The molecular formula is C23H29N3O2. The summed E-state index contributed by atoms with van der Waals surface area (Å²) in [6.07, 6.45) is 5.75. The number of hydrogen-bond donors (Lipinski definition) is 1. The van der Waals surface area contributed by atoms with Gasteiger partial charge in [0.1, 0.15) is 11.9 Å². The lowest BCUT2D eigenvalue weighted by Crippen LogP contribution is -2.43. The smallest absolute Gasteiger partial charge is 0.321 e. The number of para-hydroxylation sites is 1. The number of nitrogens with zero attached hydrogens (tertiary/aromatic N) is 2. The van der Waals surface area contributed by atoms with E-state index in [1.165, 1.54) is 24.9 Å². The number of carbonyl (C=O) groups is 1. The summed E-state index contributed by atoms with van der Waals surface area (Å²) >= 11 is 0. The molecule has 0 atom stereocenters. The summed E-state index contributed by atoms with van der Waals surface area (Å²) in [6, 6.07) is 18.1. The minimum absolute atomic E-state index is 0.0242. The number of carbonyl (C=O) groups excluding carboxylic acids is 1. The van der Waals surface area contributed by atoms with Crippen LogP contribution in [0.3, 0.4) is 0 Å². The Morgan fingerprint density at radius 3 is 2.21 bits per heavy atom. The number of benzene rings is 2. The Morgan fingerprint density at radius 2 is 1.54 bits per heavy atom. The van der Waals surface area contributed by atoms with E-state index in [4.69, 9.17) is 4.74 Å². The Hall–Kier alpha value is -2.69. The van der Waals surface area contributed by atoms with Crippen molar-refractivity contribution in [3.8, 4) is 5.75 Å². The van der Waals surface area contributed by atoms with Crippen LogP contribution in [0.5, 0.6) is 5.75 Å². The highest BCUT2D eigenvalue weighted by molar-refractivity contribution is 5.89. The maximum atomic E-state index is 12.6. The molecule has 5 heteroatoms. The van der Waals surface area contributed by atoms with Crippen LogP contribution in [0.1, 0.15) is 32.1 Å². The molecule has 2 aromatic carbocycles. The lowest BCUT2D eigenvalue weighted by atomic mass is 10.1. The summed E-state index contributed by atoms with van der Waals surface area (Å²) in [5.74, 6) is 0.902. The van der Waals surface area contributed by atoms with Crippen LogP contribution in [0.2, 0.25) is 0 Å². The highest BCUT2D eigenvalue weighted by Gasteiger charge is 2.24. The van der Waals surface area contributed by atoms with E-state index in [-0.39, 0.29) is 12.1 Å². The van der Waals surface area contributed by atoms with Gasteiger partial charge in [-0.05, 0) is 55.7 Å². The van der Waals surface area contributed by atoms with E-state index in [2.05, 4.69) is 22.3 Å². The van der Waals surface area contributed by atoms with Crippen molar-refractivity contribution in [2.75, 3.05) is 36.4 Å². The first-order valence-corrected chi connectivity index (χ1v) is 10.4.